The molecule has 0 atom stereocenters. The Morgan fingerprint density at radius 3 is 1.93 bits per heavy atom. The lowest BCUT2D eigenvalue weighted by Crippen LogP contribution is -2.07. The number of rotatable bonds is 5. The molecule has 0 fully saturated rings. The summed E-state index contributed by atoms with van der Waals surface area (Å²) in [5.74, 6) is -2.89. The first kappa shape index (κ1) is 20.6. The molecule has 0 amide bonds. The number of nitrogens with zero attached hydrogens (tertiary/aromatic N) is 4. The molecule has 3 rings (SSSR count). The summed E-state index contributed by atoms with van der Waals surface area (Å²) in [4.78, 5) is 6.56. The minimum Gasteiger partial charge on any atom is -0.493 e. The third-order valence-corrected chi connectivity index (χ3v) is 3.67. The molecular weight excluding hydrogens is 410 g/mol. The zero-order valence-electron chi connectivity index (χ0n) is 14.9. The zero-order valence-corrected chi connectivity index (χ0v) is 14.9. The summed E-state index contributed by atoms with van der Waals surface area (Å²) < 4.78 is 89.0. The van der Waals surface area contributed by atoms with Gasteiger partial charge in [0.2, 0.25) is 5.82 Å². The third-order valence-electron chi connectivity index (χ3n) is 3.67. The van der Waals surface area contributed by atoms with Gasteiger partial charge in [-0.15, -0.1) is 0 Å². The van der Waals surface area contributed by atoms with Crippen LogP contribution < -0.4 is 4.74 Å². The predicted molar refractivity (Wildman–Crippen MR) is 82.7 cm³/mol. The maximum atomic E-state index is 12.6. The number of benzene rings is 1. The summed E-state index contributed by atoms with van der Waals surface area (Å²) in [6, 6.07) is 3.01. The van der Waals surface area contributed by atoms with Gasteiger partial charge in [-0.3, -0.25) is 0 Å². The molecule has 13 heteroatoms. The number of aryl methyl sites for hydroxylation is 2. The molecule has 0 aliphatic heterocycles. The minimum atomic E-state index is -4.75. The standard InChI is InChI=1S/C16H12F6N4O3/c1-7-5-9(12-24-14(29-26-12)16(20,21)22)6-8(2)11(7)27-4-3-10-23-13(28-25-10)15(17,18)19/h5-6H,3-4H2,1-2H3. The molecule has 156 valence electrons. The molecular formula is C16H12F6N4O3. The van der Waals surface area contributed by atoms with Gasteiger partial charge in [-0.1, -0.05) is 10.3 Å². The average molecular weight is 422 g/mol. The molecule has 7 nitrogen and oxygen atoms in total. The summed E-state index contributed by atoms with van der Waals surface area (Å²) >= 11 is 0. The van der Waals surface area contributed by atoms with Crippen LogP contribution in [0.3, 0.4) is 0 Å². The number of aromatic nitrogens is 4. The maximum Gasteiger partial charge on any atom is 0.471 e. The van der Waals surface area contributed by atoms with Crippen LogP contribution >= 0.6 is 0 Å². The molecule has 2 aromatic heterocycles. The zero-order chi connectivity index (χ0) is 21.4. The first-order valence-corrected chi connectivity index (χ1v) is 8.00. The number of hydrogen-bond donors (Lipinski definition) is 0. The van der Waals surface area contributed by atoms with Crippen LogP contribution in [0.4, 0.5) is 26.3 Å². The van der Waals surface area contributed by atoms with Gasteiger partial charge < -0.3 is 13.8 Å². The smallest absolute Gasteiger partial charge is 0.471 e. The van der Waals surface area contributed by atoms with Gasteiger partial charge in [0.1, 0.15) is 5.75 Å². The van der Waals surface area contributed by atoms with Crippen molar-refractivity contribution in [3.8, 4) is 17.1 Å². The Hall–Kier alpha value is -3.12. The van der Waals surface area contributed by atoms with Crippen LogP contribution in [0.1, 0.15) is 28.7 Å². The van der Waals surface area contributed by atoms with Crippen molar-refractivity contribution in [2.75, 3.05) is 6.61 Å². The largest absolute Gasteiger partial charge is 0.493 e. The molecule has 0 N–H and O–H groups in total. The van der Waals surface area contributed by atoms with Crippen molar-refractivity contribution in [2.45, 2.75) is 32.6 Å². The Balaban J connectivity index is 1.70. The highest BCUT2D eigenvalue weighted by Gasteiger charge is 2.39. The normalized spacial score (nSPS) is 12.4. The molecule has 0 aliphatic carbocycles. The average Bonchev–Trinajstić information content (AvgIpc) is 3.25. The van der Waals surface area contributed by atoms with E-state index in [-0.39, 0.29) is 24.7 Å². The maximum absolute atomic E-state index is 12.6. The number of alkyl halides is 6. The SMILES string of the molecule is Cc1cc(-c2noc(C(F)(F)F)n2)cc(C)c1OCCc1noc(C(F)(F)F)n1. The van der Waals surface area contributed by atoms with Crippen LogP contribution in [0.2, 0.25) is 0 Å². The Bertz CT molecular complexity index is 986. The molecule has 0 aliphatic rings. The summed E-state index contributed by atoms with van der Waals surface area (Å²) in [5.41, 5.74) is 1.41. The van der Waals surface area contributed by atoms with Gasteiger partial charge >= 0.3 is 24.1 Å². The van der Waals surface area contributed by atoms with Crippen LogP contribution in [0.5, 0.6) is 5.75 Å². The van der Waals surface area contributed by atoms with E-state index in [0.717, 1.165) is 0 Å². The van der Waals surface area contributed by atoms with E-state index in [0.29, 0.717) is 22.4 Å². The second kappa shape index (κ2) is 7.37. The van der Waals surface area contributed by atoms with E-state index in [9.17, 15) is 26.3 Å². The number of ether oxygens (including phenoxy) is 1. The Morgan fingerprint density at radius 2 is 1.41 bits per heavy atom. The quantitative estimate of drug-likeness (QED) is 0.564. The van der Waals surface area contributed by atoms with E-state index in [4.69, 9.17) is 4.74 Å². The van der Waals surface area contributed by atoms with Crippen molar-refractivity contribution in [3.05, 3.63) is 40.9 Å². The van der Waals surface area contributed by atoms with Crippen LogP contribution in [-0.4, -0.2) is 26.9 Å². The lowest BCUT2D eigenvalue weighted by Gasteiger charge is -2.12. The van der Waals surface area contributed by atoms with Crippen LogP contribution in [0.15, 0.2) is 21.2 Å². The lowest BCUT2D eigenvalue weighted by atomic mass is 10.1. The van der Waals surface area contributed by atoms with E-state index >= 15 is 0 Å². The molecule has 0 saturated heterocycles. The third kappa shape index (κ3) is 4.66. The molecule has 0 unspecified atom stereocenters. The van der Waals surface area contributed by atoms with Gasteiger partial charge in [-0.25, -0.2) is 0 Å². The Morgan fingerprint density at radius 1 is 0.862 bits per heavy atom. The van der Waals surface area contributed by atoms with Gasteiger partial charge in [0.25, 0.3) is 0 Å². The van der Waals surface area contributed by atoms with E-state index in [1.54, 1.807) is 13.8 Å². The van der Waals surface area contributed by atoms with Crippen molar-refractivity contribution < 1.29 is 40.1 Å². The van der Waals surface area contributed by atoms with Gasteiger partial charge in [-0.2, -0.15) is 36.3 Å². The first-order valence-electron chi connectivity index (χ1n) is 8.00. The summed E-state index contributed by atoms with van der Waals surface area (Å²) in [6.45, 7) is 3.25. The van der Waals surface area contributed by atoms with Crippen LogP contribution in [0, 0.1) is 13.8 Å². The van der Waals surface area contributed by atoms with Crippen molar-refractivity contribution in [1.82, 2.24) is 20.3 Å². The highest BCUT2D eigenvalue weighted by atomic mass is 19.4. The Kier molecular flexibility index (Phi) is 5.24. The number of hydrogen-bond acceptors (Lipinski definition) is 7. The van der Waals surface area contributed by atoms with Crippen molar-refractivity contribution in [1.29, 1.82) is 0 Å². The molecule has 2 heterocycles. The fourth-order valence-corrected chi connectivity index (χ4v) is 2.48. The predicted octanol–water partition coefficient (Wildman–Crippen LogP) is 4.40. The van der Waals surface area contributed by atoms with E-state index < -0.39 is 24.1 Å². The van der Waals surface area contributed by atoms with E-state index in [1.807, 2.05) is 0 Å². The summed E-state index contributed by atoms with van der Waals surface area (Å²) in [7, 11) is 0. The molecule has 0 saturated carbocycles. The molecule has 0 radical (unpaired) electrons. The van der Waals surface area contributed by atoms with Crippen LogP contribution in [0.25, 0.3) is 11.4 Å². The monoisotopic (exact) mass is 422 g/mol. The van der Waals surface area contributed by atoms with Gasteiger partial charge in [0, 0.05) is 12.0 Å². The lowest BCUT2D eigenvalue weighted by molar-refractivity contribution is -0.160. The van der Waals surface area contributed by atoms with Crippen molar-refractivity contribution in [3.63, 3.8) is 0 Å². The van der Waals surface area contributed by atoms with Crippen LogP contribution in [-0.2, 0) is 18.8 Å². The van der Waals surface area contributed by atoms with E-state index in [1.165, 1.54) is 12.1 Å². The Labute approximate surface area is 158 Å². The fourth-order valence-electron chi connectivity index (χ4n) is 2.48. The summed E-state index contributed by atoms with van der Waals surface area (Å²) in [6.07, 6.45) is -9.52. The highest BCUT2D eigenvalue weighted by Crippen LogP contribution is 2.32. The molecule has 1 aromatic carbocycles. The molecule has 29 heavy (non-hydrogen) atoms. The molecule has 3 aromatic rings. The van der Waals surface area contributed by atoms with E-state index in [2.05, 4.69) is 29.3 Å². The highest BCUT2D eigenvalue weighted by molar-refractivity contribution is 5.61. The van der Waals surface area contributed by atoms with Crippen molar-refractivity contribution >= 4 is 0 Å². The first-order chi connectivity index (χ1) is 13.4. The van der Waals surface area contributed by atoms with Gasteiger partial charge in [-0.05, 0) is 37.1 Å². The fraction of sp³-hybridized carbons (Fsp3) is 0.375. The van der Waals surface area contributed by atoms with Gasteiger partial charge in [0.05, 0.1) is 6.61 Å². The van der Waals surface area contributed by atoms with Gasteiger partial charge in [0.15, 0.2) is 5.82 Å². The molecule has 0 bridgehead atoms. The second-order valence-electron chi connectivity index (χ2n) is 5.97. The second-order valence-corrected chi connectivity index (χ2v) is 5.97. The minimum absolute atomic E-state index is 0.0417. The molecule has 0 spiro atoms. The van der Waals surface area contributed by atoms with Crippen molar-refractivity contribution in [2.24, 2.45) is 0 Å². The number of halogens is 6. The topological polar surface area (TPSA) is 87.1 Å². The summed E-state index contributed by atoms with van der Waals surface area (Å²) in [5, 5.41) is 6.55.